The number of phenols is 3. The van der Waals surface area contributed by atoms with Crippen LogP contribution in [0.4, 0.5) is 40.2 Å². The number of aliphatic hydroxyl groups excluding tert-OH is 9. The molecule has 0 aromatic heterocycles. The van der Waals surface area contributed by atoms with Crippen molar-refractivity contribution in [2.24, 2.45) is 88.2 Å². The Hall–Kier alpha value is -8.49. The molecule has 3 aliphatic heterocycles. The molecule has 0 fully saturated rings. The quantitative estimate of drug-likeness (QED) is 0.0537. The number of primary amides is 3. The number of hydrogen-bond acceptors (Lipinski definition) is 21. The van der Waals surface area contributed by atoms with Gasteiger partial charge in [0, 0.05) is 133 Å². The molecule has 115 heavy (non-hydrogen) atoms. The molecule has 642 valence electrons. The molecule has 0 saturated heterocycles. The maximum atomic E-state index is 15.3. The first-order chi connectivity index (χ1) is 54.0. The first-order valence-corrected chi connectivity index (χ1v) is 39.5. The van der Waals surface area contributed by atoms with Crippen LogP contribution in [0, 0.1) is 89.6 Å². The van der Waals surface area contributed by atoms with E-state index in [9.17, 15) is 94.4 Å². The third-order valence-electron chi connectivity index (χ3n) is 21.9. The summed E-state index contributed by atoms with van der Waals surface area (Å²) in [5.41, 5.74) is 20.3. The van der Waals surface area contributed by atoms with Gasteiger partial charge in [-0.25, -0.2) is 23.2 Å². The number of phenolic OH excluding ortho intramolecular Hbond substituents is 3. The van der Waals surface area contributed by atoms with Gasteiger partial charge in [0.15, 0.2) is 0 Å². The number of aromatic hydroxyl groups is 3. The fraction of sp³-hybridized carbons (Fsp3) is 0.576. The number of fused-ring (bicyclic) bond motifs is 6. The number of carbonyl (C=O) groups is 6. The summed E-state index contributed by atoms with van der Waals surface area (Å²) < 4.78 is 46.1. The summed E-state index contributed by atoms with van der Waals surface area (Å²) in [4.78, 5) is 73.3. The first kappa shape index (κ1) is 98.9. The molecule has 0 aliphatic carbocycles. The number of halogens is 3. The Morgan fingerprint density at radius 2 is 0.757 bits per heavy atom. The van der Waals surface area contributed by atoms with E-state index in [-0.39, 0.29) is 116 Å². The predicted molar refractivity (Wildman–Crippen MR) is 435 cm³/mol. The normalized spacial score (nSPS) is 30.7. The molecule has 30 heteroatoms. The predicted octanol–water partition coefficient (Wildman–Crippen LogP) is 11.0. The summed E-state index contributed by atoms with van der Waals surface area (Å²) >= 11 is 6.59. The highest BCUT2D eigenvalue weighted by Crippen LogP contribution is 2.40. The van der Waals surface area contributed by atoms with Gasteiger partial charge in [0.2, 0.25) is 0 Å². The zero-order valence-electron chi connectivity index (χ0n) is 68.4. The van der Waals surface area contributed by atoms with Crippen LogP contribution < -0.4 is 33.2 Å². The van der Waals surface area contributed by atoms with Crippen molar-refractivity contribution in [2.45, 2.75) is 204 Å². The lowest BCUT2D eigenvalue weighted by Gasteiger charge is -2.30. The second-order valence-electron chi connectivity index (χ2n) is 31.7. The maximum absolute atomic E-state index is 15.3. The molecular weight excluding hydrogens is 1510 g/mol. The van der Waals surface area contributed by atoms with Crippen LogP contribution in [-0.4, -0.2) is 174 Å². The molecule has 0 unspecified atom stereocenters. The third kappa shape index (κ3) is 30.2. The first-order valence-electron chi connectivity index (χ1n) is 39.2. The van der Waals surface area contributed by atoms with Crippen molar-refractivity contribution in [3.8, 4) is 17.2 Å². The molecule has 21 N–H and O–H groups in total. The zero-order valence-corrected chi connectivity index (χ0v) is 69.1. The Bertz CT molecular complexity index is 3800. The standard InChI is InChI=1S/C29H43FN2O7.C28H41ClN2O7.C28H41FN2O7/c1-15-9-21(14-34)25(35)17(3)11-18(4)27(39-29(31)38)20(13-33)8-6-7-16(2)28(37)32-24-12-23(30)19(5)22(10-15)26(24)36;2*1-15-8-20-11-22(34)12-23(24(20)29)31-27(36)16(2)6-5-7-19(13-32)26(38-28(30)37)18(4)10-17(3)25(35)21(9-15)14-33/h7,11-12,15,17,20-21,25,27,33-36H,6,8-10,13-14H2,1-5H3,(H2,31,38)(H,32,37);2*6,10-12,15,17,19,21,25-26,32-35H,5,7-9,13-14H2,1-4H3,(H2,30,37)(H,31,36)/b16-7+,18-11+;2*16-6+,18-10+/t15-,17-,20+,21+,25+,27-;2*15-,17+,19-,21-,25-,26+/m011/s1. The number of allylic oxidation sites excluding steroid dienone is 3. The van der Waals surface area contributed by atoms with Gasteiger partial charge in [-0.1, -0.05) is 89.6 Å². The molecule has 6 rings (SSSR count). The van der Waals surface area contributed by atoms with Gasteiger partial charge in [0.25, 0.3) is 17.7 Å². The Balaban J connectivity index is 0.000000363. The number of benzene rings is 3. The van der Waals surface area contributed by atoms with Crippen LogP contribution in [0.15, 0.2) is 100 Å². The largest absolute Gasteiger partial charge is 0.508 e. The van der Waals surface area contributed by atoms with E-state index in [1.807, 2.05) is 20.8 Å². The van der Waals surface area contributed by atoms with E-state index in [1.54, 1.807) is 112 Å². The smallest absolute Gasteiger partial charge is 0.405 e. The van der Waals surface area contributed by atoms with Crippen molar-refractivity contribution in [1.82, 2.24) is 0 Å². The fourth-order valence-corrected chi connectivity index (χ4v) is 15.7. The minimum atomic E-state index is -1.01. The van der Waals surface area contributed by atoms with Gasteiger partial charge in [0.1, 0.15) is 47.2 Å². The monoisotopic (exact) mass is 1640 g/mol. The molecule has 0 saturated carbocycles. The van der Waals surface area contributed by atoms with Gasteiger partial charge in [-0.3, -0.25) is 14.4 Å². The summed E-state index contributed by atoms with van der Waals surface area (Å²) in [7, 11) is 0. The van der Waals surface area contributed by atoms with E-state index in [0.717, 1.165) is 12.1 Å². The topological polar surface area (TPSA) is 487 Å². The van der Waals surface area contributed by atoms with Crippen LogP contribution in [0.5, 0.6) is 17.2 Å². The average molecular weight is 1640 g/mol. The summed E-state index contributed by atoms with van der Waals surface area (Å²) in [5, 5.41) is 133. The number of nitrogens with one attached hydrogen (secondary N) is 3. The molecule has 0 radical (unpaired) electrons. The lowest BCUT2D eigenvalue weighted by Crippen LogP contribution is -2.34. The fourth-order valence-electron chi connectivity index (χ4n) is 15.5. The van der Waals surface area contributed by atoms with Crippen molar-refractivity contribution < 1.29 is 113 Å². The Morgan fingerprint density at radius 3 is 1.10 bits per heavy atom. The lowest BCUT2D eigenvalue weighted by atomic mass is 9.82. The van der Waals surface area contributed by atoms with Gasteiger partial charge in [-0.15, -0.1) is 0 Å². The molecule has 3 aromatic carbocycles. The lowest BCUT2D eigenvalue weighted by molar-refractivity contribution is -0.113. The molecule has 6 amide bonds. The van der Waals surface area contributed by atoms with Crippen LogP contribution in [0.25, 0.3) is 0 Å². The van der Waals surface area contributed by atoms with Crippen LogP contribution in [0.1, 0.15) is 163 Å². The summed E-state index contributed by atoms with van der Waals surface area (Å²) in [6.07, 6.45) is 6.12. The molecule has 3 aliphatic rings. The highest BCUT2D eigenvalue weighted by Gasteiger charge is 2.35. The van der Waals surface area contributed by atoms with Gasteiger partial charge in [0.05, 0.1) is 40.4 Å². The Kier molecular flexibility index (Phi) is 41.0. The van der Waals surface area contributed by atoms with Crippen LogP contribution in [0.2, 0.25) is 5.02 Å². The van der Waals surface area contributed by atoms with Crippen molar-refractivity contribution in [3.63, 3.8) is 0 Å². The number of ether oxygens (including phenoxy) is 3. The molecule has 3 aromatic rings. The summed E-state index contributed by atoms with van der Waals surface area (Å²) in [5.74, 6) is -7.99. The third-order valence-corrected chi connectivity index (χ3v) is 22.3. The number of anilines is 3. The highest BCUT2D eigenvalue weighted by atomic mass is 35.5. The second kappa shape index (κ2) is 47.7. The van der Waals surface area contributed by atoms with E-state index in [0.29, 0.717) is 114 Å². The Labute approximate surface area is 678 Å². The highest BCUT2D eigenvalue weighted by molar-refractivity contribution is 6.34. The molecule has 27 nitrogen and oxygen atoms in total. The number of amides is 6. The molecule has 6 bridgehead atoms. The number of nitrogens with two attached hydrogens (primary N) is 3. The minimum Gasteiger partial charge on any atom is -0.508 e. The maximum Gasteiger partial charge on any atom is 0.405 e. The summed E-state index contributed by atoms with van der Waals surface area (Å²) in [6.45, 7) is 20.8. The van der Waals surface area contributed by atoms with E-state index in [2.05, 4.69) is 16.0 Å². The van der Waals surface area contributed by atoms with Gasteiger partial charge in [-0.05, 0) is 189 Å². The summed E-state index contributed by atoms with van der Waals surface area (Å²) in [6, 6.07) is 6.46. The van der Waals surface area contributed by atoms with Gasteiger partial charge in [-0.2, -0.15) is 0 Å². The number of aliphatic hydroxyl groups is 9. The number of carbonyl (C=O) groups excluding carboxylic acids is 6. The SMILES string of the molecule is C/C1=C\CC[C@H](CO)[C@@H](OC(N)=O)/C(C)=C/[C@H](C)[C@@H](O)[C@@H](CO)C[C@H](C)Cc2c(C)c(F)cc(c2O)NC1=O.C/C1=C\CC[C@H](CO)[C@@H](OC(N)=O)/C(C)=C/[C@H](C)[C@@H](O)[C@@H](CO)C[C@H](C)Cc2cc(O)cc(c2Cl)NC1=O.C/C1=C\CC[C@H](CO)[C@@H](OC(N)=O)/C(C)=C/[C@H](C)[C@@H](O)[C@@H](CO)C[C@H](C)Cc2cc(O)cc(c2F)NC1=O. The molecule has 3 heterocycles. The van der Waals surface area contributed by atoms with Crippen molar-refractivity contribution in [3.05, 3.63) is 139 Å². The van der Waals surface area contributed by atoms with Gasteiger partial charge >= 0.3 is 18.3 Å². The van der Waals surface area contributed by atoms with Crippen LogP contribution in [-0.2, 0) is 47.9 Å². The zero-order chi connectivity index (χ0) is 86.6. The van der Waals surface area contributed by atoms with Gasteiger partial charge < -0.3 is 109 Å². The molecular formula is C85H125ClF2N6O21. The van der Waals surface area contributed by atoms with E-state index in [1.165, 1.54) is 12.1 Å². The van der Waals surface area contributed by atoms with E-state index < -0.39 is 138 Å². The van der Waals surface area contributed by atoms with Crippen molar-refractivity contribution in [2.75, 3.05) is 55.6 Å². The van der Waals surface area contributed by atoms with Crippen LogP contribution in [0.3, 0.4) is 0 Å². The average Bonchev–Trinajstić information content (AvgIpc) is 1.01. The van der Waals surface area contributed by atoms with E-state index >= 15 is 4.39 Å². The van der Waals surface area contributed by atoms with Crippen molar-refractivity contribution in [1.29, 1.82) is 0 Å². The second-order valence-corrected chi connectivity index (χ2v) is 32.1. The van der Waals surface area contributed by atoms with Crippen LogP contribution >= 0.6 is 11.6 Å². The number of rotatable bonds is 9. The number of hydrogen-bond donors (Lipinski definition) is 18. The van der Waals surface area contributed by atoms with Crippen molar-refractivity contribution >= 4 is 64.7 Å². The van der Waals surface area contributed by atoms with E-state index in [4.69, 9.17) is 43.0 Å². The minimum absolute atomic E-state index is 0.0321. The molecule has 0 spiro atoms. The molecule has 18 atom stereocenters. The Morgan fingerprint density at radius 1 is 0.452 bits per heavy atom.